The molecule has 3 aromatic rings. The number of nitrogens with one attached hydrogen (secondary N) is 2. The molecule has 0 radical (unpaired) electrons. The fourth-order valence-electron chi connectivity index (χ4n) is 2.12. The van der Waals surface area contributed by atoms with Gasteiger partial charge in [0, 0.05) is 17.2 Å². The summed E-state index contributed by atoms with van der Waals surface area (Å²) >= 11 is 2.85. The van der Waals surface area contributed by atoms with Crippen LogP contribution in [-0.2, 0) is 11.5 Å². The van der Waals surface area contributed by atoms with E-state index in [1.807, 2.05) is 37.3 Å². The van der Waals surface area contributed by atoms with Crippen LogP contribution in [0.3, 0.4) is 0 Å². The van der Waals surface area contributed by atoms with E-state index in [2.05, 4.69) is 20.8 Å². The van der Waals surface area contributed by atoms with E-state index in [0.717, 1.165) is 10.6 Å². The maximum absolute atomic E-state index is 13.6. The van der Waals surface area contributed by atoms with Crippen molar-refractivity contribution >= 4 is 39.9 Å². The van der Waals surface area contributed by atoms with Gasteiger partial charge in [-0.1, -0.05) is 47.2 Å². The number of carbonyl (C=O) groups is 1. The van der Waals surface area contributed by atoms with Gasteiger partial charge in [0.15, 0.2) is 0 Å². The van der Waals surface area contributed by atoms with Crippen molar-refractivity contribution in [3.63, 3.8) is 0 Å². The molecule has 5 nitrogen and oxygen atoms in total. The van der Waals surface area contributed by atoms with Crippen molar-refractivity contribution in [1.82, 2.24) is 10.2 Å². The molecule has 0 fully saturated rings. The number of rotatable bonds is 6. The number of aryl methyl sites for hydroxylation is 1. The summed E-state index contributed by atoms with van der Waals surface area (Å²) in [5.41, 5.74) is 2.49. The second-order valence-electron chi connectivity index (χ2n) is 5.53. The first-order chi connectivity index (χ1) is 12.6. The van der Waals surface area contributed by atoms with Gasteiger partial charge in [-0.3, -0.25) is 5.32 Å². The average Bonchev–Trinajstić information content (AvgIpc) is 3.06. The van der Waals surface area contributed by atoms with Crippen LogP contribution in [-0.4, -0.2) is 16.2 Å². The number of nitrogens with zero attached hydrogens (tertiary/aromatic N) is 2. The lowest BCUT2D eigenvalue weighted by Crippen LogP contribution is -2.19. The summed E-state index contributed by atoms with van der Waals surface area (Å²) in [4.78, 5) is 12.0. The molecule has 2 aromatic carbocycles. The molecular weight excluding hydrogens is 371 g/mol. The van der Waals surface area contributed by atoms with Crippen molar-refractivity contribution in [2.45, 2.75) is 18.4 Å². The standard InChI is InChI=1S/C18H17FN4OS2/c1-12-6-8-14(9-7-12)20-17(24)21-18-23-22-16(26-18)11-25-10-13-4-2-3-5-15(13)19/h2-9H,10-11H2,1H3,(H2,20,21,23,24). The van der Waals surface area contributed by atoms with E-state index < -0.39 is 0 Å². The molecule has 1 heterocycles. The highest BCUT2D eigenvalue weighted by atomic mass is 32.2. The zero-order valence-electron chi connectivity index (χ0n) is 14.0. The minimum Gasteiger partial charge on any atom is -0.308 e. The van der Waals surface area contributed by atoms with Crippen LogP contribution in [0.5, 0.6) is 0 Å². The molecule has 2 N–H and O–H groups in total. The highest BCUT2D eigenvalue weighted by Gasteiger charge is 2.09. The molecular formula is C18H17FN4OS2. The number of thioether (sulfide) groups is 1. The predicted molar refractivity (Wildman–Crippen MR) is 105 cm³/mol. The molecule has 0 unspecified atom stereocenters. The summed E-state index contributed by atoms with van der Waals surface area (Å²) in [7, 11) is 0. The molecule has 2 amide bonds. The maximum Gasteiger partial charge on any atom is 0.325 e. The Morgan fingerprint density at radius 3 is 2.62 bits per heavy atom. The number of hydrogen-bond acceptors (Lipinski definition) is 5. The summed E-state index contributed by atoms with van der Waals surface area (Å²) in [5.74, 6) is 0.961. The molecule has 0 aliphatic rings. The molecule has 0 aliphatic carbocycles. The number of aromatic nitrogens is 2. The quantitative estimate of drug-likeness (QED) is 0.619. The summed E-state index contributed by atoms with van der Waals surface area (Å²) in [6.07, 6.45) is 0. The summed E-state index contributed by atoms with van der Waals surface area (Å²) < 4.78 is 13.6. The first kappa shape index (κ1) is 18.3. The number of urea groups is 1. The van der Waals surface area contributed by atoms with Gasteiger partial charge < -0.3 is 5.32 Å². The van der Waals surface area contributed by atoms with Crippen molar-refractivity contribution in [3.05, 3.63) is 70.5 Å². The Hall–Kier alpha value is -2.45. The molecule has 0 spiro atoms. The molecule has 26 heavy (non-hydrogen) atoms. The van der Waals surface area contributed by atoms with Gasteiger partial charge >= 0.3 is 6.03 Å². The Morgan fingerprint density at radius 1 is 1.08 bits per heavy atom. The molecule has 134 valence electrons. The van der Waals surface area contributed by atoms with E-state index in [-0.39, 0.29) is 11.8 Å². The molecule has 8 heteroatoms. The van der Waals surface area contributed by atoms with Gasteiger partial charge in [-0.15, -0.1) is 22.0 Å². The Bertz CT molecular complexity index is 883. The third-order valence-electron chi connectivity index (χ3n) is 3.44. The molecule has 0 aliphatic heterocycles. The minimum absolute atomic E-state index is 0.201. The largest absolute Gasteiger partial charge is 0.325 e. The second-order valence-corrected chi connectivity index (χ2v) is 7.58. The first-order valence-corrected chi connectivity index (χ1v) is 9.85. The maximum atomic E-state index is 13.6. The molecule has 0 saturated heterocycles. The Labute approximate surface area is 159 Å². The zero-order valence-corrected chi connectivity index (χ0v) is 15.7. The third-order valence-corrected chi connectivity index (χ3v) is 5.45. The zero-order chi connectivity index (χ0) is 18.4. The molecule has 1 aromatic heterocycles. The highest BCUT2D eigenvalue weighted by Crippen LogP contribution is 2.23. The van der Waals surface area contributed by atoms with E-state index in [4.69, 9.17) is 0 Å². The number of benzene rings is 2. The van der Waals surface area contributed by atoms with E-state index >= 15 is 0 Å². The van der Waals surface area contributed by atoms with Crippen LogP contribution in [0.4, 0.5) is 20.0 Å². The van der Waals surface area contributed by atoms with Crippen molar-refractivity contribution in [2.24, 2.45) is 0 Å². The summed E-state index contributed by atoms with van der Waals surface area (Å²) in [6.45, 7) is 1.98. The Balaban J connectivity index is 1.47. The van der Waals surface area contributed by atoms with Crippen LogP contribution < -0.4 is 10.6 Å². The summed E-state index contributed by atoms with van der Waals surface area (Å²) in [5, 5.41) is 14.6. The van der Waals surface area contributed by atoms with E-state index in [0.29, 0.717) is 27.9 Å². The van der Waals surface area contributed by atoms with Crippen LogP contribution in [0.2, 0.25) is 0 Å². The van der Waals surface area contributed by atoms with Gasteiger partial charge in [0.1, 0.15) is 10.8 Å². The number of hydrogen-bond donors (Lipinski definition) is 2. The van der Waals surface area contributed by atoms with Gasteiger partial charge in [-0.2, -0.15) is 0 Å². The monoisotopic (exact) mass is 388 g/mol. The smallest absolute Gasteiger partial charge is 0.308 e. The molecule has 0 saturated carbocycles. The van der Waals surface area contributed by atoms with Crippen molar-refractivity contribution in [2.75, 3.05) is 10.6 Å². The van der Waals surface area contributed by atoms with Crippen molar-refractivity contribution < 1.29 is 9.18 Å². The lowest BCUT2D eigenvalue weighted by molar-refractivity contribution is 0.262. The van der Waals surface area contributed by atoms with E-state index in [1.165, 1.54) is 17.4 Å². The van der Waals surface area contributed by atoms with Crippen LogP contribution in [0, 0.1) is 12.7 Å². The fraction of sp³-hybridized carbons (Fsp3) is 0.167. The lowest BCUT2D eigenvalue weighted by atomic mass is 10.2. The van der Waals surface area contributed by atoms with Crippen molar-refractivity contribution in [1.29, 1.82) is 0 Å². The highest BCUT2D eigenvalue weighted by molar-refractivity contribution is 7.97. The van der Waals surface area contributed by atoms with Crippen LogP contribution >= 0.6 is 23.1 Å². The Morgan fingerprint density at radius 2 is 1.85 bits per heavy atom. The minimum atomic E-state index is -0.365. The fourth-order valence-corrected chi connectivity index (χ4v) is 3.93. The van der Waals surface area contributed by atoms with Gasteiger partial charge in [-0.25, -0.2) is 9.18 Å². The van der Waals surface area contributed by atoms with Crippen LogP contribution in [0.1, 0.15) is 16.1 Å². The number of amides is 2. The topological polar surface area (TPSA) is 66.9 Å². The van der Waals surface area contributed by atoms with Crippen LogP contribution in [0.25, 0.3) is 0 Å². The average molecular weight is 388 g/mol. The number of halogens is 1. The second kappa shape index (κ2) is 8.77. The van der Waals surface area contributed by atoms with E-state index in [9.17, 15) is 9.18 Å². The van der Waals surface area contributed by atoms with Gasteiger partial charge in [0.05, 0.1) is 0 Å². The molecule has 0 bridgehead atoms. The molecule has 3 rings (SSSR count). The van der Waals surface area contributed by atoms with Gasteiger partial charge in [-0.05, 0) is 30.7 Å². The predicted octanol–water partition coefficient (Wildman–Crippen LogP) is 5.06. The van der Waals surface area contributed by atoms with Gasteiger partial charge in [0.25, 0.3) is 0 Å². The SMILES string of the molecule is Cc1ccc(NC(=O)Nc2nnc(CSCc3ccccc3F)s2)cc1. The van der Waals surface area contributed by atoms with Crippen molar-refractivity contribution in [3.8, 4) is 0 Å². The third kappa shape index (κ3) is 5.27. The normalized spacial score (nSPS) is 10.5. The van der Waals surface area contributed by atoms with Crippen LogP contribution in [0.15, 0.2) is 48.5 Å². The molecule has 0 atom stereocenters. The van der Waals surface area contributed by atoms with Gasteiger partial charge in [0.2, 0.25) is 5.13 Å². The summed E-state index contributed by atoms with van der Waals surface area (Å²) in [6, 6.07) is 13.9. The lowest BCUT2D eigenvalue weighted by Gasteiger charge is -2.05. The number of anilines is 2. The first-order valence-electron chi connectivity index (χ1n) is 7.88. The van der Waals surface area contributed by atoms with E-state index in [1.54, 1.807) is 23.9 Å². The Kier molecular flexibility index (Phi) is 6.19. The number of carbonyl (C=O) groups excluding carboxylic acids is 1.